The molecule has 0 bridgehead atoms. The van der Waals surface area contributed by atoms with E-state index in [1.54, 1.807) is 13.2 Å². The highest BCUT2D eigenvalue weighted by Gasteiger charge is 2.20. The van der Waals surface area contributed by atoms with Gasteiger partial charge in [0, 0.05) is 10.0 Å². The van der Waals surface area contributed by atoms with Gasteiger partial charge in [-0.05, 0) is 30.8 Å². The van der Waals surface area contributed by atoms with Crippen molar-refractivity contribution in [1.82, 2.24) is 5.32 Å². The third-order valence-corrected chi connectivity index (χ3v) is 4.41. The zero-order valence-corrected chi connectivity index (χ0v) is 14.2. The summed E-state index contributed by atoms with van der Waals surface area (Å²) >= 11 is 15.9. The lowest BCUT2D eigenvalue weighted by Gasteiger charge is -2.21. The van der Waals surface area contributed by atoms with Gasteiger partial charge in [-0.3, -0.25) is 0 Å². The summed E-state index contributed by atoms with van der Waals surface area (Å²) in [5, 5.41) is 4.35. The Balaban J connectivity index is 2.55. The third-order valence-electron chi connectivity index (χ3n) is 3.09. The van der Waals surface area contributed by atoms with E-state index < -0.39 is 0 Å². The van der Waals surface area contributed by atoms with Crippen LogP contribution in [0.25, 0.3) is 0 Å². The molecule has 5 heteroatoms. The lowest BCUT2D eigenvalue weighted by atomic mass is 9.98. The smallest absolute Gasteiger partial charge is 0.125 e. The van der Waals surface area contributed by atoms with Crippen LogP contribution in [0, 0.1) is 0 Å². The molecular formula is C15H14BrCl2NO. The first-order chi connectivity index (χ1) is 9.58. The second kappa shape index (κ2) is 6.81. The van der Waals surface area contributed by atoms with Gasteiger partial charge in [0.2, 0.25) is 0 Å². The summed E-state index contributed by atoms with van der Waals surface area (Å²) < 4.78 is 6.42. The summed E-state index contributed by atoms with van der Waals surface area (Å²) in [7, 11) is 3.53. The first-order valence-electron chi connectivity index (χ1n) is 6.03. The summed E-state index contributed by atoms with van der Waals surface area (Å²) in [4.78, 5) is 0. The molecule has 2 aromatic rings. The lowest BCUT2D eigenvalue weighted by molar-refractivity contribution is 0.405. The van der Waals surface area contributed by atoms with Gasteiger partial charge in [-0.25, -0.2) is 0 Å². The van der Waals surface area contributed by atoms with Crippen LogP contribution in [-0.2, 0) is 0 Å². The molecule has 0 aromatic heterocycles. The van der Waals surface area contributed by atoms with Gasteiger partial charge in [-0.2, -0.15) is 0 Å². The minimum atomic E-state index is -0.0933. The zero-order valence-electron chi connectivity index (χ0n) is 11.1. The second-order valence-electron chi connectivity index (χ2n) is 4.25. The van der Waals surface area contributed by atoms with Crippen LogP contribution in [0.5, 0.6) is 5.75 Å². The van der Waals surface area contributed by atoms with Crippen molar-refractivity contribution in [2.75, 3.05) is 14.2 Å². The lowest BCUT2D eigenvalue weighted by Crippen LogP contribution is -2.19. The summed E-state index contributed by atoms with van der Waals surface area (Å²) in [5.41, 5.74) is 1.92. The van der Waals surface area contributed by atoms with Crippen LogP contribution in [0.4, 0.5) is 0 Å². The fourth-order valence-electron chi connectivity index (χ4n) is 2.15. The van der Waals surface area contributed by atoms with Gasteiger partial charge < -0.3 is 10.1 Å². The first-order valence-corrected chi connectivity index (χ1v) is 7.58. The van der Waals surface area contributed by atoms with Crippen molar-refractivity contribution in [3.05, 3.63) is 62.0 Å². The Morgan fingerprint density at radius 3 is 2.55 bits per heavy atom. The number of nitrogens with one attached hydrogen (secondary N) is 1. The molecule has 0 saturated heterocycles. The molecule has 0 spiro atoms. The standard InChI is InChI=1S/C15H14BrCl2NO/c1-19-15(11-4-3-5-12(17)14(11)18)10-7-6-9(16)8-13(10)20-2/h3-8,15,19H,1-2H3. The molecule has 0 radical (unpaired) electrons. The van der Waals surface area contributed by atoms with E-state index in [4.69, 9.17) is 27.9 Å². The maximum Gasteiger partial charge on any atom is 0.125 e. The number of hydrogen-bond donors (Lipinski definition) is 1. The zero-order chi connectivity index (χ0) is 14.7. The highest BCUT2D eigenvalue weighted by molar-refractivity contribution is 9.10. The Morgan fingerprint density at radius 1 is 1.15 bits per heavy atom. The van der Waals surface area contributed by atoms with Gasteiger partial charge in [0.25, 0.3) is 0 Å². The van der Waals surface area contributed by atoms with Gasteiger partial charge >= 0.3 is 0 Å². The number of halogens is 3. The van der Waals surface area contributed by atoms with Gasteiger partial charge in [0.05, 0.1) is 23.2 Å². The van der Waals surface area contributed by atoms with Crippen LogP contribution in [0.3, 0.4) is 0 Å². The number of hydrogen-bond acceptors (Lipinski definition) is 2. The SMILES string of the molecule is CNC(c1ccc(Br)cc1OC)c1cccc(Cl)c1Cl. The summed E-state index contributed by atoms with van der Waals surface area (Å²) in [6, 6.07) is 11.4. The largest absolute Gasteiger partial charge is 0.496 e. The highest BCUT2D eigenvalue weighted by Crippen LogP contribution is 2.37. The molecule has 0 amide bonds. The van der Waals surface area contributed by atoms with Gasteiger partial charge in [-0.15, -0.1) is 0 Å². The molecule has 1 unspecified atom stereocenters. The Hall–Kier alpha value is -0.740. The minimum Gasteiger partial charge on any atom is -0.496 e. The molecule has 0 aliphatic carbocycles. The van der Waals surface area contributed by atoms with E-state index >= 15 is 0 Å². The molecule has 2 nitrogen and oxygen atoms in total. The van der Waals surface area contributed by atoms with Crippen LogP contribution in [0.15, 0.2) is 40.9 Å². The van der Waals surface area contributed by atoms with Crippen LogP contribution >= 0.6 is 39.1 Å². The number of benzene rings is 2. The second-order valence-corrected chi connectivity index (χ2v) is 5.95. The number of rotatable bonds is 4. The molecule has 2 rings (SSSR count). The van der Waals surface area contributed by atoms with Crippen molar-refractivity contribution in [2.24, 2.45) is 0 Å². The Bertz CT molecular complexity index is 619. The predicted octanol–water partition coefficient (Wildman–Crippen LogP) is 5.07. The van der Waals surface area contributed by atoms with E-state index in [0.717, 1.165) is 21.3 Å². The number of methoxy groups -OCH3 is 1. The fraction of sp³-hybridized carbons (Fsp3) is 0.200. The Kier molecular flexibility index (Phi) is 5.33. The molecule has 2 aromatic carbocycles. The van der Waals surface area contributed by atoms with Gasteiger partial charge in [-0.1, -0.05) is 57.3 Å². The molecule has 0 fully saturated rings. The van der Waals surface area contributed by atoms with Gasteiger partial charge in [0.1, 0.15) is 5.75 Å². The molecular weight excluding hydrogens is 361 g/mol. The van der Waals surface area contributed by atoms with E-state index in [-0.39, 0.29) is 6.04 Å². The van der Waals surface area contributed by atoms with Crippen LogP contribution in [-0.4, -0.2) is 14.2 Å². The third kappa shape index (κ3) is 3.12. The monoisotopic (exact) mass is 373 g/mol. The molecule has 1 atom stereocenters. The van der Waals surface area contributed by atoms with Crippen molar-refractivity contribution in [2.45, 2.75) is 6.04 Å². The average Bonchev–Trinajstić information content (AvgIpc) is 2.45. The summed E-state index contributed by atoms with van der Waals surface area (Å²) in [6.45, 7) is 0. The number of ether oxygens (including phenoxy) is 1. The van der Waals surface area contributed by atoms with Crippen molar-refractivity contribution in [1.29, 1.82) is 0 Å². The molecule has 106 valence electrons. The maximum atomic E-state index is 6.32. The van der Waals surface area contributed by atoms with E-state index in [1.807, 2.05) is 37.4 Å². The van der Waals surface area contributed by atoms with Crippen molar-refractivity contribution >= 4 is 39.1 Å². The van der Waals surface area contributed by atoms with E-state index in [0.29, 0.717) is 10.0 Å². The molecule has 0 aliphatic heterocycles. The average molecular weight is 375 g/mol. The molecule has 0 aliphatic rings. The molecule has 0 saturated carbocycles. The van der Waals surface area contributed by atoms with Crippen LogP contribution < -0.4 is 10.1 Å². The van der Waals surface area contributed by atoms with E-state index in [1.165, 1.54) is 0 Å². The summed E-state index contributed by atoms with van der Waals surface area (Å²) in [5.74, 6) is 0.787. The van der Waals surface area contributed by atoms with Gasteiger partial charge in [0.15, 0.2) is 0 Å². The minimum absolute atomic E-state index is 0.0933. The topological polar surface area (TPSA) is 21.3 Å². The Labute approximate surface area is 137 Å². The van der Waals surface area contributed by atoms with Crippen molar-refractivity contribution in [3.63, 3.8) is 0 Å². The van der Waals surface area contributed by atoms with E-state index in [2.05, 4.69) is 21.2 Å². The normalized spacial score (nSPS) is 12.2. The van der Waals surface area contributed by atoms with E-state index in [9.17, 15) is 0 Å². The van der Waals surface area contributed by atoms with Crippen LogP contribution in [0.2, 0.25) is 10.0 Å². The Morgan fingerprint density at radius 2 is 1.90 bits per heavy atom. The summed E-state index contributed by atoms with van der Waals surface area (Å²) in [6.07, 6.45) is 0. The van der Waals surface area contributed by atoms with Crippen molar-refractivity contribution in [3.8, 4) is 5.75 Å². The van der Waals surface area contributed by atoms with Crippen molar-refractivity contribution < 1.29 is 4.74 Å². The maximum absolute atomic E-state index is 6.32. The first kappa shape index (κ1) is 15.6. The highest BCUT2D eigenvalue weighted by atomic mass is 79.9. The van der Waals surface area contributed by atoms with Crippen LogP contribution in [0.1, 0.15) is 17.2 Å². The fourth-order valence-corrected chi connectivity index (χ4v) is 2.90. The molecule has 1 N–H and O–H groups in total. The predicted molar refractivity (Wildman–Crippen MR) is 88.1 cm³/mol. The molecule has 0 heterocycles. The quantitative estimate of drug-likeness (QED) is 0.806. The molecule has 20 heavy (non-hydrogen) atoms.